The maximum absolute atomic E-state index is 13.2. The van der Waals surface area contributed by atoms with E-state index < -0.39 is 11.7 Å². The third-order valence-corrected chi connectivity index (χ3v) is 2.49. The molecule has 0 fully saturated rings. The zero-order valence-corrected chi connectivity index (χ0v) is 10.1. The number of halogens is 1. The first kappa shape index (κ1) is 14.0. The number of hydrogen-bond donors (Lipinski definition) is 4. The summed E-state index contributed by atoms with van der Waals surface area (Å²) in [6.07, 6.45) is 0. The van der Waals surface area contributed by atoms with Gasteiger partial charge in [0.1, 0.15) is 5.82 Å². The number of thioether (sulfide) groups is 1. The Kier molecular flexibility index (Phi) is 5.12. The summed E-state index contributed by atoms with van der Waals surface area (Å²) < 4.78 is 13.2. The second kappa shape index (κ2) is 6.60. The van der Waals surface area contributed by atoms with Crippen LogP contribution in [0.1, 0.15) is 0 Å². The maximum Gasteiger partial charge on any atom is 0.234 e. The number of nitrogens with one attached hydrogen (secondary N) is 2. The molecule has 0 atom stereocenters. The van der Waals surface area contributed by atoms with Gasteiger partial charge in [0.25, 0.3) is 0 Å². The van der Waals surface area contributed by atoms with Gasteiger partial charge in [-0.25, -0.2) is 4.39 Å². The fourth-order valence-corrected chi connectivity index (χ4v) is 1.54. The lowest BCUT2D eigenvalue weighted by Crippen LogP contribution is -2.24. The van der Waals surface area contributed by atoms with Gasteiger partial charge < -0.3 is 16.8 Å². The fraction of sp³-hybridized carbons (Fsp3) is 0.100. The fourth-order valence-electron chi connectivity index (χ4n) is 1.03. The Morgan fingerprint density at radius 2 is 2.11 bits per heavy atom. The number of benzene rings is 1. The monoisotopic (exact) mass is 269 g/mol. The molecule has 0 aliphatic carbocycles. The first-order valence-corrected chi connectivity index (χ1v) is 5.83. The van der Waals surface area contributed by atoms with Crippen molar-refractivity contribution in [2.75, 3.05) is 11.1 Å². The highest BCUT2D eigenvalue weighted by atomic mass is 32.2. The molecule has 8 heteroatoms. The molecule has 0 unspecified atom stereocenters. The van der Waals surface area contributed by atoms with E-state index in [1.54, 1.807) is 6.07 Å². The predicted molar refractivity (Wildman–Crippen MR) is 71.0 cm³/mol. The van der Waals surface area contributed by atoms with E-state index in [1.165, 1.54) is 18.2 Å². The summed E-state index contributed by atoms with van der Waals surface area (Å²) in [6.45, 7) is 0. The van der Waals surface area contributed by atoms with E-state index in [9.17, 15) is 9.18 Å². The van der Waals surface area contributed by atoms with E-state index >= 15 is 0 Å². The molecule has 0 aliphatic rings. The van der Waals surface area contributed by atoms with Crippen LogP contribution in [0.25, 0.3) is 0 Å². The van der Waals surface area contributed by atoms with Crippen molar-refractivity contribution in [3.05, 3.63) is 30.1 Å². The van der Waals surface area contributed by atoms with Crippen molar-refractivity contribution in [1.29, 1.82) is 5.41 Å². The van der Waals surface area contributed by atoms with Crippen LogP contribution in [-0.4, -0.2) is 22.8 Å². The molecule has 6 nitrogen and oxygen atoms in total. The molecule has 1 rings (SSSR count). The van der Waals surface area contributed by atoms with Gasteiger partial charge >= 0.3 is 0 Å². The van der Waals surface area contributed by atoms with Crippen LogP contribution >= 0.6 is 11.8 Å². The van der Waals surface area contributed by atoms with Crippen molar-refractivity contribution in [2.24, 2.45) is 16.5 Å². The Labute approximate surface area is 107 Å². The zero-order chi connectivity index (χ0) is 13.5. The second-order valence-electron chi connectivity index (χ2n) is 3.16. The van der Waals surface area contributed by atoms with Crippen LogP contribution in [0, 0.1) is 11.2 Å². The van der Waals surface area contributed by atoms with Crippen LogP contribution in [0.5, 0.6) is 0 Å². The first-order valence-electron chi connectivity index (χ1n) is 4.84. The molecule has 0 spiro atoms. The molecule has 1 aromatic rings. The minimum Gasteiger partial charge on any atom is -0.370 e. The number of aliphatic imine (C=N–C) groups is 1. The van der Waals surface area contributed by atoms with Crippen LogP contribution in [0.15, 0.2) is 29.3 Å². The molecule has 6 N–H and O–H groups in total. The van der Waals surface area contributed by atoms with Gasteiger partial charge in [0, 0.05) is 0 Å². The van der Waals surface area contributed by atoms with E-state index in [-0.39, 0.29) is 22.6 Å². The summed E-state index contributed by atoms with van der Waals surface area (Å²) in [4.78, 5) is 14.9. The standard InChI is InChI=1S/C10H12FN5OS/c11-6-3-1-2-4-7(6)15-8(17)5-18-10(14)16-9(12)13/h1-4H,5H2,(H,15,17)(H5,12,13,14,16). The average molecular weight is 269 g/mol. The number of para-hydroxylation sites is 1. The van der Waals surface area contributed by atoms with E-state index in [1.807, 2.05) is 0 Å². The lowest BCUT2D eigenvalue weighted by molar-refractivity contribution is -0.113. The lowest BCUT2D eigenvalue weighted by Gasteiger charge is -2.05. The number of carbonyl (C=O) groups is 1. The van der Waals surface area contributed by atoms with Crippen molar-refractivity contribution in [3.63, 3.8) is 0 Å². The molecule has 1 aromatic carbocycles. The number of amidine groups is 1. The Bertz CT molecular complexity index is 487. The third kappa shape index (κ3) is 4.83. The summed E-state index contributed by atoms with van der Waals surface area (Å²) in [6, 6.07) is 5.81. The molecule has 0 saturated carbocycles. The Morgan fingerprint density at radius 1 is 1.44 bits per heavy atom. The Morgan fingerprint density at radius 3 is 2.72 bits per heavy atom. The minimum absolute atomic E-state index is 0.0794. The number of amides is 1. The van der Waals surface area contributed by atoms with Crippen LogP contribution in [0.3, 0.4) is 0 Å². The van der Waals surface area contributed by atoms with Gasteiger partial charge in [0.05, 0.1) is 11.4 Å². The number of guanidine groups is 1. The van der Waals surface area contributed by atoms with E-state index in [2.05, 4.69) is 10.3 Å². The number of hydrogen-bond acceptors (Lipinski definition) is 3. The highest BCUT2D eigenvalue weighted by Gasteiger charge is 2.07. The van der Waals surface area contributed by atoms with Gasteiger partial charge in [0.2, 0.25) is 5.91 Å². The summed E-state index contributed by atoms with van der Waals surface area (Å²) >= 11 is 0.839. The van der Waals surface area contributed by atoms with Gasteiger partial charge in [-0.2, -0.15) is 4.99 Å². The number of carbonyl (C=O) groups excluding carboxylic acids is 1. The van der Waals surface area contributed by atoms with E-state index in [0.717, 1.165) is 11.8 Å². The zero-order valence-electron chi connectivity index (χ0n) is 9.31. The van der Waals surface area contributed by atoms with Gasteiger partial charge in [-0.15, -0.1) is 0 Å². The molecule has 96 valence electrons. The molecule has 0 radical (unpaired) electrons. The largest absolute Gasteiger partial charge is 0.370 e. The summed E-state index contributed by atoms with van der Waals surface area (Å²) in [5.41, 5.74) is 10.2. The third-order valence-electron chi connectivity index (χ3n) is 1.72. The number of nitrogens with zero attached hydrogens (tertiary/aromatic N) is 1. The lowest BCUT2D eigenvalue weighted by atomic mass is 10.3. The van der Waals surface area contributed by atoms with Gasteiger partial charge in [0.15, 0.2) is 11.1 Å². The Balaban J connectivity index is 2.46. The average Bonchev–Trinajstić information content (AvgIpc) is 2.29. The van der Waals surface area contributed by atoms with Crippen LogP contribution in [0.4, 0.5) is 10.1 Å². The van der Waals surface area contributed by atoms with Crippen molar-refractivity contribution < 1.29 is 9.18 Å². The van der Waals surface area contributed by atoms with Crippen molar-refractivity contribution in [3.8, 4) is 0 Å². The van der Waals surface area contributed by atoms with Gasteiger partial charge in [-0.1, -0.05) is 23.9 Å². The van der Waals surface area contributed by atoms with Crippen LogP contribution < -0.4 is 16.8 Å². The number of rotatable bonds is 3. The topological polar surface area (TPSA) is 117 Å². The summed E-state index contributed by atoms with van der Waals surface area (Å²) in [5, 5.41) is 9.49. The van der Waals surface area contributed by atoms with Crippen LogP contribution in [0.2, 0.25) is 0 Å². The molecular formula is C10H12FN5OS. The molecular weight excluding hydrogens is 257 g/mol. The highest BCUT2D eigenvalue weighted by Crippen LogP contribution is 2.13. The van der Waals surface area contributed by atoms with Gasteiger partial charge in [-0.3, -0.25) is 10.2 Å². The second-order valence-corrected chi connectivity index (χ2v) is 4.12. The smallest absolute Gasteiger partial charge is 0.234 e. The maximum atomic E-state index is 13.2. The molecule has 0 heterocycles. The SMILES string of the molecule is N=C(N=C(N)N)SCC(=O)Nc1ccccc1F. The molecule has 0 aromatic heterocycles. The first-order chi connectivity index (χ1) is 8.49. The van der Waals surface area contributed by atoms with Crippen molar-refractivity contribution >= 4 is 34.5 Å². The highest BCUT2D eigenvalue weighted by molar-refractivity contribution is 8.14. The normalized spacial score (nSPS) is 9.61. The Hall–Kier alpha value is -2.09. The van der Waals surface area contributed by atoms with E-state index in [0.29, 0.717) is 0 Å². The van der Waals surface area contributed by atoms with E-state index in [4.69, 9.17) is 16.9 Å². The number of anilines is 1. The minimum atomic E-state index is -0.518. The molecule has 0 saturated heterocycles. The van der Waals surface area contributed by atoms with Crippen molar-refractivity contribution in [2.45, 2.75) is 0 Å². The summed E-state index contributed by atoms with van der Waals surface area (Å²) in [5.74, 6) is -1.29. The van der Waals surface area contributed by atoms with Gasteiger partial charge in [-0.05, 0) is 12.1 Å². The quantitative estimate of drug-likeness (QED) is 0.477. The molecule has 18 heavy (non-hydrogen) atoms. The summed E-state index contributed by atoms with van der Waals surface area (Å²) in [7, 11) is 0. The van der Waals surface area contributed by atoms with Crippen LogP contribution in [-0.2, 0) is 4.79 Å². The predicted octanol–water partition coefficient (Wildman–Crippen LogP) is 0.706. The molecule has 0 bridgehead atoms. The number of nitrogens with two attached hydrogens (primary N) is 2. The van der Waals surface area contributed by atoms with Crippen molar-refractivity contribution in [1.82, 2.24) is 0 Å². The molecule has 1 amide bonds. The molecule has 0 aliphatic heterocycles.